The zero-order valence-corrected chi connectivity index (χ0v) is 9.73. The molecule has 0 amide bonds. The second-order valence-electron chi connectivity index (χ2n) is 3.08. The van der Waals surface area contributed by atoms with Gasteiger partial charge in [-0.1, -0.05) is 0 Å². The fourth-order valence-electron chi connectivity index (χ4n) is 1.31. The van der Waals surface area contributed by atoms with Gasteiger partial charge in [-0.25, -0.2) is 4.98 Å². The highest BCUT2D eigenvalue weighted by molar-refractivity contribution is 9.10. The first-order chi connectivity index (χ1) is 7.22. The van der Waals surface area contributed by atoms with Crippen LogP contribution in [0.4, 0.5) is 0 Å². The van der Waals surface area contributed by atoms with Crippen LogP contribution in [0.5, 0.6) is 5.88 Å². The summed E-state index contributed by atoms with van der Waals surface area (Å²) in [5.41, 5.74) is 0.707. The van der Waals surface area contributed by atoms with E-state index in [2.05, 4.69) is 26.0 Å². The van der Waals surface area contributed by atoms with Crippen LogP contribution < -0.4 is 0 Å². The van der Waals surface area contributed by atoms with Crippen LogP contribution >= 0.6 is 15.9 Å². The lowest BCUT2D eigenvalue weighted by molar-refractivity contribution is 0.184. The quantitative estimate of drug-likeness (QED) is 0.920. The summed E-state index contributed by atoms with van der Waals surface area (Å²) in [4.78, 5) is 3.82. The molecule has 2 heterocycles. The van der Waals surface area contributed by atoms with Crippen molar-refractivity contribution in [2.75, 3.05) is 13.7 Å². The molecule has 0 atom stereocenters. The Morgan fingerprint density at radius 1 is 1.60 bits per heavy atom. The highest BCUT2D eigenvalue weighted by atomic mass is 79.9. The summed E-state index contributed by atoms with van der Waals surface area (Å²) in [5.74, 6) is -0.00290. The third-order valence-electron chi connectivity index (χ3n) is 2.05. The lowest BCUT2D eigenvalue weighted by atomic mass is 10.3. The van der Waals surface area contributed by atoms with E-state index in [1.54, 1.807) is 18.0 Å². The van der Waals surface area contributed by atoms with Gasteiger partial charge in [0.15, 0.2) is 0 Å². The Labute approximate surface area is 94.8 Å². The number of halogens is 1. The molecule has 0 radical (unpaired) electrons. The van der Waals surface area contributed by atoms with Crippen LogP contribution in [0.2, 0.25) is 0 Å². The highest BCUT2D eigenvalue weighted by Gasteiger charge is 2.09. The molecular formula is C9H10BrN3O2. The smallest absolute Gasteiger partial charge is 0.222 e. The molecule has 0 unspecified atom stereocenters. The van der Waals surface area contributed by atoms with E-state index in [0.717, 1.165) is 4.47 Å². The number of aromatic nitrogens is 3. The molecule has 0 saturated carbocycles. The minimum atomic E-state index is -0.00290. The van der Waals surface area contributed by atoms with Crippen molar-refractivity contribution in [3.8, 4) is 5.88 Å². The summed E-state index contributed by atoms with van der Waals surface area (Å²) in [6.07, 6.45) is 3.28. The molecule has 0 fully saturated rings. The van der Waals surface area contributed by atoms with Gasteiger partial charge in [-0.2, -0.15) is 5.10 Å². The standard InChI is InChI=1S/C9H10BrN3O2/c1-15-3-2-13-5-6-8(12-13)7(10)4-11-9(6)14/h4-5H,2-3H2,1H3,(H,11,14). The van der Waals surface area contributed by atoms with Crippen molar-refractivity contribution in [1.82, 2.24) is 14.8 Å². The molecule has 6 heteroatoms. The summed E-state index contributed by atoms with van der Waals surface area (Å²) in [6, 6.07) is 0. The fourth-order valence-corrected chi connectivity index (χ4v) is 1.70. The Morgan fingerprint density at radius 3 is 3.07 bits per heavy atom. The van der Waals surface area contributed by atoms with E-state index in [1.807, 2.05) is 0 Å². The third kappa shape index (κ3) is 1.95. The number of ether oxygens (including phenoxy) is 1. The average molecular weight is 272 g/mol. The fraction of sp³-hybridized carbons (Fsp3) is 0.333. The zero-order valence-electron chi connectivity index (χ0n) is 8.14. The Bertz CT molecular complexity index is 444. The first kappa shape index (κ1) is 10.4. The summed E-state index contributed by atoms with van der Waals surface area (Å²) < 4.78 is 7.44. The van der Waals surface area contributed by atoms with Gasteiger partial charge in [-0.05, 0) is 15.9 Å². The highest BCUT2D eigenvalue weighted by Crippen LogP contribution is 2.27. The molecule has 0 spiro atoms. The summed E-state index contributed by atoms with van der Waals surface area (Å²) in [5, 5.41) is 14.5. The molecule has 15 heavy (non-hydrogen) atoms. The molecule has 0 aliphatic heterocycles. The monoisotopic (exact) mass is 271 g/mol. The normalized spacial score (nSPS) is 11.1. The van der Waals surface area contributed by atoms with Crippen molar-refractivity contribution in [2.45, 2.75) is 6.54 Å². The Hall–Kier alpha value is -1.14. The molecule has 80 valence electrons. The number of pyridine rings is 1. The number of fused-ring (bicyclic) bond motifs is 1. The molecule has 1 N–H and O–H groups in total. The predicted molar refractivity (Wildman–Crippen MR) is 58.8 cm³/mol. The predicted octanol–water partition coefficient (Wildman–Crippen LogP) is 1.55. The third-order valence-corrected chi connectivity index (χ3v) is 2.63. The van der Waals surface area contributed by atoms with Gasteiger partial charge >= 0.3 is 0 Å². The molecule has 5 nitrogen and oxygen atoms in total. The number of rotatable bonds is 3. The minimum Gasteiger partial charge on any atom is -0.493 e. The summed E-state index contributed by atoms with van der Waals surface area (Å²) in [6.45, 7) is 1.23. The first-order valence-corrected chi connectivity index (χ1v) is 5.21. The Balaban J connectivity index is 2.45. The second-order valence-corrected chi connectivity index (χ2v) is 3.93. The van der Waals surface area contributed by atoms with Gasteiger partial charge < -0.3 is 9.84 Å². The Kier molecular flexibility index (Phi) is 2.88. The van der Waals surface area contributed by atoms with Crippen molar-refractivity contribution in [1.29, 1.82) is 0 Å². The van der Waals surface area contributed by atoms with Crippen LogP contribution in [0.25, 0.3) is 10.9 Å². The Morgan fingerprint density at radius 2 is 2.40 bits per heavy atom. The minimum absolute atomic E-state index is 0.00290. The molecule has 0 saturated heterocycles. The molecule has 0 bridgehead atoms. The van der Waals surface area contributed by atoms with E-state index in [1.165, 1.54) is 6.20 Å². The van der Waals surface area contributed by atoms with E-state index in [0.29, 0.717) is 24.1 Å². The van der Waals surface area contributed by atoms with Crippen LogP contribution in [0.1, 0.15) is 0 Å². The number of aromatic hydroxyl groups is 1. The molecule has 0 aromatic carbocycles. The molecule has 2 aromatic heterocycles. The number of methoxy groups -OCH3 is 1. The van der Waals surface area contributed by atoms with Gasteiger partial charge in [0.2, 0.25) is 5.88 Å². The van der Waals surface area contributed by atoms with Crippen molar-refractivity contribution in [3.05, 3.63) is 16.9 Å². The molecule has 0 aliphatic rings. The lowest BCUT2D eigenvalue weighted by Crippen LogP contribution is -2.03. The molecule has 0 aliphatic carbocycles. The largest absolute Gasteiger partial charge is 0.493 e. The number of hydrogen-bond acceptors (Lipinski definition) is 4. The number of nitrogens with zero attached hydrogens (tertiary/aromatic N) is 3. The second kappa shape index (κ2) is 4.16. The van der Waals surface area contributed by atoms with Gasteiger partial charge in [-0.3, -0.25) is 4.68 Å². The van der Waals surface area contributed by atoms with Gasteiger partial charge in [0.25, 0.3) is 0 Å². The van der Waals surface area contributed by atoms with Crippen LogP contribution in [0.15, 0.2) is 16.9 Å². The van der Waals surface area contributed by atoms with Crippen LogP contribution in [0.3, 0.4) is 0 Å². The van der Waals surface area contributed by atoms with Gasteiger partial charge in [0.05, 0.1) is 23.0 Å². The van der Waals surface area contributed by atoms with Gasteiger partial charge in [-0.15, -0.1) is 0 Å². The maximum atomic E-state index is 9.52. The van der Waals surface area contributed by atoms with Crippen molar-refractivity contribution < 1.29 is 9.84 Å². The average Bonchev–Trinajstić information content (AvgIpc) is 2.66. The molecule has 2 rings (SSSR count). The summed E-state index contributed by atoms with van der Waals surface area (Å²) in [7, 11) is 1.64. The van der Waals surface area contributed by atoms with E-state index < -0.39 is 0 Å². The zero-order chi connectivity index (χ0) is 10.8. The SMILES string of the molecule is COCCn1cc2c(O)ncc(Br)c2n1. The molecular weight excluding hydrogens is 262 g/mol. The van der Waals surface area contributed by atoms with Crippen molar-refractivity contribution >= 4 is 26.8 Å². The van der Waals surface area contributed by atoms with E-state index >= 15 is 0 Å². The first-order valence-electron chi connectivity index (χ1n) is 4.42. The van der Waals surface area contributed by atoms with Crippen molar-refractivity contribution in [3.63, 3.8) is 0 Å². The van der Waals surface area contributed by atoms with E-state index in [4.69, 9.17) is 4.74 Å². The van der Waals surface area contributed by atoms with Crippen molar-refractivity contribution in [2.24, 2.45) is 0 Å². The van der Waals surface area contributed by atoms with Crippen LogP contribution in [0, 0.1) is 0 Å². The van der Waals surface area contributed by atoms with Crippen LogP contribution in [-0.2, 0) is 11.3 Å². The maximum absolute atomic E-state index is 9.52. The van der Waals surface area contributed by atoms with Gasteiger partial charge in [0.1, 0.15) is 5.52 Å². The molecule has 2 aromatic rings. The topological polar surface area (TPSA) is 60.2 Å². The van der Waals surface area contributed by atoms with E-state index in [-0.39, 0.29) is 5.88 Å². The summed E-state index contributed by atoms with van der Waals surface area (Å²) >= 11 is 3.33. The van der Waals surface area contributed by atoms with Crippen LogP contribution in [-0.4, -0.2) is 33.6 Å². The maximum Gasteiger partial charge on any atom is 0.222 e. The van der Waals surface area contributed by atoms with E-state index in [9.17, 15) is 5.11 Å². The lowest BCUT2D eigenvalue weighted by Gasteiger charge is -1.97. The van der Waals surface area contributed by atoms with Gasteiger partial charge in [0, 0.05) is 19.5 Å². The number of hydrogen-bond donors (Lipinski definition) is 1.